The summed E-state index contributed by atoms with van der Waals surface area (Å²) in [5.74, 6) is 0.0126. The molecule has 1 aromatic heterocycles. The molecule has 0 fully saturated rings. The zero-order chi connectivity index (χ0) is 27.4. The topological polar surface area (TPSA) is 67.2 Å². The number of aromatic nitrogens is 2. The fourth-order valence-electron chi connectivity index (χ4n) is 4.30. The van der Waals surface area contributed by atoms with Crippen molar-refractivity contribution in [2.75, 3.05) is 18.4 Å². The first-order chi connectivity index (χ1) is 18.1. The normalized spacial score (nSPS) is 11.0. The van der Waals surface area contributed by atoms with Gasteiger partial charge in [0.2, 0.25) is 5.91 Å². The van der Waals surface area contributed by atoms with Gasteiger partial charge < -0.3 is 10.2 Å². The lowest BCUT2D eigenvalue weighted by Gasteiger charge is -2.25. The summed E-state index contributed by atoms with van der Waals surface area (Å²) in [7, 11) is 0. The SMILES string of the molecule is Cc1ccc(-n2nc(C)c(-c3ccccc3)c2NC(=O)CN(CC(C)C)C(=O)c2ccc(Cl)cc2Cl)cc1. The van der Waals surface area contributed by atoms with Gasteiger partial charge in [0.1, 0.15) is 12.4 Å². The van der Waals surface area contributed by atoms with Gasteiger partial charge in [-0.2, -0.15) is 5.10 Å². The van der Waals surface area contributed by atoms with E-state index in [9.17, 15) is 9.59 Å². The van der Waals surface area contributed by atoms with Crippen LogP contribution >= 0.6 is 23.2 Å². The summed E-state index contributed by atoms with van der Waals surface area (Å²) in [6.07, 6.45) is 0. The number of anilines is 1. The third-order valence-electron chi connectivity index (χ3n) is 6.03. The van der Waals surface area contributed by atoms with E-state index in [1.807, 2.05) is 82.3 Å². The van der Waals surface area contributed by atoms with Gasteiger partial charge in [0.05, 0.1) is 22.0 Å². The molecule has 0 aliphatic rings. The lowest BCUT2D eigenvalue weighted by atomic mass is 10.1. The van der Waals surface area contributed by atoms with Crippen LogP contribution < -0.4 is 5.32 Å². The van der Waals surface area contributed by atoms with Gasteiger partial charge in [0.25, 0.3) is 5.91 Å². The molecule has 6 nitrogen and oxygen atoms in total. The van der Waals surface area contributed by atoms with Crippen LogP contribution in [0.2, 0.25) is 10.0 Å². The van der Waals surface area contributed by atoms with E-state index in [0.29, 0.717) is 22.9 Å². The fourth-order valence-corrected chi connectivity index (χ4v) is 4.79. The van der Waals surface area contributed by atoms with Crippen molar-refractivity contribution in [1.82, 2.24) is 14.7 Å². The van der Waals surface area contributed by atoms with Gasteiger partial charge in [0.15, 0.2) is 0 Å². The molecule has 0 atom stereocenters. The van der Waals surface area contributed by atoms with Gasteiger partial charge in [-0.25, -0.2) is 4.68 Å². The third kappa shape index (κ3) is 6.26. The third-order valence-corrected chi connectivity index (χ3v) is 6.58. The van der Waals surface area contributed by atoms with Crippen LogP contribution in [-0.2, 0) is 4.79 Å². The second-order valence-electron chi connectivity index (χ2n) is 9.67. The first-order valence-corrected chi connectivity index (χ1v) is 13.2. The molecule has 0 radical (unpaired) electrons. The van der Waals surface area contributed by atoms with Crippen LogP contribution in [0.3, 0.4) is 0 Å². The molecule has 1 heterocycles. The predicted molar refractivity (Wildman–Crippen MR) is 154 cm³/mol. The van der Waals surface area contributed by atoms with Crippen molar-refractivity contribution in [1.29, 1.82) is 0 Å². The Hall–Kier alpha value is -3.61. The Balaban J connectivity index is 1.69. The second kappa shape index (κ2) is 11.8. The maximum absolute atomic E-state index is 13.5. The Morgan fingerprint density at radius 1 is 0.974 bits per heavy atom. The summed E-state index contributed by atoms with van der Waals surface area (Å²) in [6.45, 7) is 8.15. The van der Waals surface area contributed by atoms with E-state index in [1.54, 1.807) is 16.8 Å². The molecule has 0 aliphatic heterocycles. The highest BCUT2D eigenvalue weighted by molar-refractivity contribution is 6.36. The number of amides is 2. The summed E-state index contributed by atoms with van der Waals surface area (Å²) in [4.78, 5) is 28.4. The molecule has 0 unspecified atom stereocenters. The Labute approximate surface area is 233 Å². The zero-order valence-corrected chi connectivity index (χ0v) is 23.3. The van der Waals surface area contributed by atoms with Gasteiger partial charge in [-0.3, -0.25) is 9.59 Å². The summed E-state index contributed by atoms with van der Waals surface area (Å²) < 4.78 is 1.74. The highest BCUT2D eigenvalue weighted by atomic mass is 35.5. The van der Waals surface area contributed by atoms with E-state index in [1.165, 1.54) is 11.0 Å². The number of hydrogen-bond acceptors (Lipinski definition) is 3. The first kappa shape index (κ1) is 27.4. The maximum Gasteiger partial charge on any atom is 0.255 e. The Morgan fingerprint density at radius 3 is 2.29 bits per heavy atom. The largest absolute Gasteiger partial charge is 0.329 e. The van der Waals surface area contributed by atoms with E-state index in [4.69, 9.17) is 28.3 Å². The van der Waals surface area contributed by atoms with E-state index < -0.39 is 0 Å². The van der Waals surface area contributed by atoms with Crippen LogP contribution in [-0.4, -0.2) is 39.6 Å². The number of nitrogens with one attached hydrogen (secondary N) is 1. The van der Waals surface area contributed by atoms with Gasteiger partial charge in [-0.15, -0.1) is 0 Å². The zero-order valence-electron chi connectivity index (χ0n) is 21.8. The maximum atomic E-state index is 13.5. The fraction of sp³-hybridized carbons (Fsp3) is 0.233. The Kier molecular flexibility index (Phi) is 8.55. The van der Waals surface area contributed by atoms with Crippen molar-refractivity contribution in [3.8, 4) is 16.8 Å². The van der Waals surface area contributed by atoms with Crippen LogP contribution in [0.15, 0.2) is 72.8 Å². The van der Waals surface area contributed by atoms with Gasteiger partial charge in [-0.05, 0) is 55.7 Å². The lowest BCUT2D eigenvalue weighted by molar-refractivity contribution is -0.117. The highest BCUT2D eigenvalue weighted by Crippen LogP contribution is 2.33. The summed E-state index contributed by atoms with van der Waals surface area (Å²) in [6, 6.07) is 22.4. The molecule has 8 heteroatoms. The minimum atomic E-state index is -0.338. The average molecular weight is 550 g/mol. The first-order valence-electron chi connectivity index (χ1n) is 12.4. The van der Waals surface area contributed by atoms with Crippen molar-refractivity contribution < 1.29 is 9.59 Å². The predicted octanol–water partition coefficient (Wildman–Crippen LogP) is 7.20. The molecule has 1 N–H and O–H groups in total. The number of carbonyl (C=O) groups is 2. The quantitative estimate of drug-likeness (QED) is 0.253. The summed E-state index contributed by atoms with van der Waals surface area (Å²) in [5.41, 5.74) is 4.77. The van der Waals surface area contributed by atoms with Crippen molar-refractivity contribution >= 4 is 40.8 Å². The standard InChI is InChI=1S/C30H30Cl2N4O2/c1-19(2)17-35(30(38)25-15-12-23(31)16-26(25)32)18-27(37)33-29-28(22-8-6-5-7-9-22)21(4)34-36(29)24-13-10-20(3)11-14-24/h5-16,19H,17-18H2,1-4H3,(H,33,37). The minimum Gasteiger partial charge on any atom is -0.329 e. The highest BCUT2D eigenvalue weighted by Gasteiger charge is 2.25. The van der Waals surface area contributed by atoms with Crippen LogP contribution in [0.4, 0.5) is 5.82 Å². The number of nitrogens with zero attached hydrogens (tertiary/aromatic N) is 3. The summed E-state index contributed by atoms with van der Waals surface area (Å²) in [5, 5.41) is 8.50. The monoisotopic (exact) mass is 548 g/mol. The van der Waals surface area contributed by atoms with Crippen LogP contribution in [0.5, 0.6) is 0 Å². The number of rotatable bonds is 8. The molecule has 2 amide bonds. The van der Waals surface area contributed by atoms with Crippen LogP contribution in [0.1, 0.15) is 35.5 Å². The molecule has 0 saturated heterocycles. The molecule has 0 bridgehead atoms. The number of halogens is 2. The second-order valence-corrected chi connectivity index (χ2v) is 10.5. The van der Waals surface area contributed by atoms with E-state index >= 15 is 0 Å². The lowest BCUT2D eigenvalue weighted by Crippen LogP contribution is -2.40. The van der Waals surface area contributed by atoms with Gasteiger partial charge in [0, 0.05) is 17.1 Å². The molecule has 0 spiro atoms. The molecule has 38 heavy (non-hydrogen) atoms. The number of carbonyl (C=O) groups excluding carboxylic acids is 2. The molecule has 4 aromatic rings. The van der Waals surface area contributed by atoms with Crippen molar-refractivity contribution in [3.05, 3.63) is 99.7 Å². The number of hydrogen-bond donors (Lipinski definition) is 1. The van der Waals surface area contributed by atoms with E-state index in [-0.39, 0.29) is 29.3 Å². The molecular weight excluding hydrogens is 519 g/mol. The average Bonchev–Trinajstić information content (AvgIpc) is 3.19. The molecular formula is C30H30Cl2N4O2. The van der Waals surface area contributed by atoms with Crippen molar-refractivity contribution in [2.45, 2.75) is 27.7 Å². The van der Waals surface area contributed by atoms with E-state index in [0.717, 1.165) is 28.1 Å². The molecule has 0 saturated carbocycles. The number of aryl methyl sites for hydroxylation is 2. The minimum absolute atomic E-state index is 0.137. The van der Waals surface area contributed by atoms with Crippen LogP contribution in [0, 0.1) is 19.8 Å². The molecule has 0 aliphatic carbocycles. The smallest absolute Gasteiger partial charge is 0.255 e. The van der Waals surface area contributed by atoms with Gasteiger partial charge >= 0.3 is 0 Å². The molecule has 3 aromatic carbocycles. The molecule has 196 valence electrons. The Bertz CT molecular complexity index is 1450. The van der Waals surface area contributed by atoms with Crippen LogP contribution in [0.25, 0.3) is 16.8 Å². The molecule has 4 rings (SSSR count). The Morgan fingerprint density at radius 2 is 1.66 bits per heavy atom. The van der Waals surface area contributed by atoms with E-state index in [2.05, 4.69) is 5.32 Å². The summed E-state index contributed by atoms with van der Waals surface area (Å²) >= 11 is 12.3. The van der Waals surface area contributed by atoms with Crippen molar-refractivity contribution in [2.24, 2.45) is 5.92 Å². The number of benzene rings is 3. The van der Waals surface area contributed by atoms with Crippen molar-refractivity contribution in [3.63, 3.8) is 0 Å². The van der Waals surface area contributed by atoms with Gasteiger partial charge in [-0.1, -0.05) is 85.1 Å².